The largest absolute Gasteiger partial charge is 0.399 e. The molecule has 1 aliphatic rings. The predicted octanol–water partition coefficient (Wildman–Crippen LogP) is 3.13. The van der Waals surface area contributed by atoms with Crippen molar-refractivity contribution in [2.45, 2.75) is 31.7 Å². The first-order valence-electron chi connectivity index (χ1n) is 7.46. The van der Waals surface area contributed by atoms with Crippen molar-refractivity contribution >= 4 is 16.7 Å². The Bertz CT molecular complexity index is 772. The van der Waals surface area contributed by atoms with Crippen LogP contribution in [0.3, 0.4) is 0 Å². The number of hydrogen-bond acceptors (Lipinski definition) is 3. The highest BCUT2D eigenvalue weighted by atomic mass is 15.1. The second kappa shape index (κ2) is 4.88. The minimum atomic E-state index is 0.635. The zero-order valence-corrected chi connectivity index (χ0v) is 11.9. The number of fused-ring (bicyclic) bond motifs is 1. The average molecular weight is 278 g/mol. The Labute approximate surface area is 123 Å². The van der Waals surface area contributed by atoms with Gasteiger partial charge in [-0.3, -0.25) is 4.98 Å². The number of nitrogen functional groups attached to an aromatic ring is 1. The van der Waals surface area contributed by atoms with Crippen LogP contribution in [0.4, 0.5) is 5.69 Å². The number of nitrogens with zero attached hydrogens (tertiary/aromatic N) is 3. The molecule has 1 fully saturated rings. The van der Waals surface area contributed by atoms with Crippen LogP contribution >= 0.6 is 0 Å². The highest BCUT2D eigenvalue weighted by Gasteiger charge is 2.29. The van der Waals surface area contributed by atoms with Gasteiger partial charge in [0.25, 0.3) is 0 Å². The van der Waals surface area contributed by atoms with E-state index >= 15 is 0 Å². The van der Waals surface area contributed by atoms with E-state index in [9.17, 15) is 0 Å². The van der Waals surface area contributed by atoms with E-state index in [-0.39, 0.29) is 0 Å². The van der Waals surface area contributed by atoms with Crippen molar-refractivity contribution in [2.75, 3.05) is 5.73 Å². The zero-order valence-electron chi connectivity index (χ0n) is 11.9. The SMILES string of the molecule is Nc1ccc2c(c1)nc(C1CC1)n2CCc1ccncc1. The van der Waals surface area contributed by atoms with E-state index in [1.54, 1.807) is 0 Å². The molecule has 0 spiro atoms. The Morgan fingerprint density at radius 1 is 1.14 bits per heavy atom. The fourth-order valence-electron chi connectivity index (χ4n) is 2.84. The molecule has 21 heavy (non-hydrogen) atoms. The van der Waals surface area contributed by atoms with E-state index in [0.717, 1.165) is 24.2 Å². The lowest BCUT2D eigenvalue weighted by Crippen LogP contribution is -2.05. The second-order valence-electron chi connectivity index (χ2n) is 5.75. The highest BCUT2D eigenvalue weighted by molar-refractivity contribution is 5.79. The number of anilines is 1. The normalized spacial score (nSPS) is 14.7. The molecule has 3 aromatic rings. The van der Waals surface area contributed by atoms with Gasteiger partial charge in [0, 0.05) is 30.5 Å². The summed E-state index contributed by atoms with van der Waals surface area (Å²) >= 11 is 0. The summed E-state index contributed by atoms with van der Waals surface area (Å²) in [4.78, 5) is 8.89. The Hall–Kier alpha value is -2.36. The van der Waals surface area contributed by atoms with Crippen molar-refractivity contribution in [3.63, 3.8) is 0 Å². The van der Waals surface area contributed by atoms with Crippen LogP contribution < -0.4 is 5.73 Å². The molecule has 0 saturated heterocycles. The minimum absolute atomic E-state index is 0.635. The molecule has 2 aromatic heterocycles. The average Bonchev–Trinajstić information content (AvgIpc) is 3.28. The van der Waals surface area contributed by atoms with Crippen molar-refractivity contribution in [3.8, 4) is 0 Å². The third-order valence-corrected chi connectivity index (χ3v) is 4.12. The van der Waals surface area contributed by atoms with Gasteiger partial charge < -0.3 is 10.3 Å². The first-order chi connectivity index (χ1) is 10.3. The van der Waals surface area contributed by atoms with Crippen molar-refractivity contribution in [2.24, 2.45) is 0 Å². The van der Waals surface area contributed by atoms with E-state index in [4.69, 9.17) is 10.7 Å². The van der Waals surface area contributed by atoms with E-state index in [0.29, 0.717) is 5.92 Å². The Morgan fingerprint density at radius 3 is 2.71 bits per heavy atom. The van der Waals surface area contributed by atoms with Gasteiger partial charge in [0.1, 0.15) is 5.82 Å². The van der Waals surface area contributed by atoms with Gasteiger partial charge in [-0.05, 0) is 55.2 Å². The Kier molecular flexibility index (Phi) is 2.88. The number of pyridine rings is 1. The van der Waals surface area contributed by atoms with Gasteiger partial charge >= 0.3 is 0 Å². The molecule has 0 radical (unpaired) electrons. The van der Waals surface area contributed by atoms with Crippen LogP contribution in [-0.4, -0.2) is 14.5 Å². The molecule has 0 unspecified atom stereocenters. The summed E-state index contributed by atoms with van der Waals surface area (Å²) in [6.07, 6.45) is 7.22. The molecule has 1 saturated carbocycles. The lowest BCUT2D eigenvalue weighted by atomic mass is 10.2. The third kappa shape index (κ3) is 2.37. The van der Waals surface area contributed by atoms with Crippen LogP contribution in [0.5, 0.6) is 0 Å². The summed E-state index contributed by atoms with van der Waals surface area (Å²) in [5, 5.41) is 0. The number of imidazole rings is 1. The molecule has 0 aliphatic heterocycles. The van der Waals surface area contributed by atoms with Gasteiger partial charge in [-0.2, -0.15) is 0 Å². The van der Waals surface area contributed by atoms with Gasteiger partial charge in [0.05, 0.1) is 11.0 Å². The van der Waals surface area contributed by atoms with Gasteiger partial charge in [-0.25, -0.2) is 4.98 Å². The predicted molar refractivity (Wildman–Crippen MR) is 84.1 cm³/mol. The second-order valence-corrected chi connectivity index (χ2v) is 5.75. The van der Waals surface area contributed by atoms with Crippen LogP contribution in [0.1, 0.15) is 30.1 Å². The summed E-state index contributed by atoms with van der Waals surface area (Å²) < 4.78 is 2.37. The number of aromatic nitrogens is 3. The fourth-order valence-corrected chi connectivity index (χ4v) is 2.84. The molecule has 0 amide bonds. The highest BCUT2D eigenvalue weighted by Crippen LogP contribution is 2.40. The van der Waals surface area contributed by atoms with Gasteiger partial charge in [-0.1, -0.05) is 0 Å². The first-order valence-corrected chi connectivity index (χ1v) is 7.46. The van der Waals surface area contributed by atoms with Gasteiger partial charge in [-0.15, -0.1) is 0 Å². The summed E-state index contributed by atoms with van der Waals surface area (Å²) in [6, 6.07) is 10.2. The number of hydrogen-bond donors (Lipinski definition) is 1. The molecule has 0 atom stereocenters. The lowest BCUT2D eigenvalue weighted by molar-refractivity contribution is 0.670. The maximum Gasteiger partial charge on any atom is 0.113 e. The quantitative estimate of drug-likeness (QED) is 0.746. The number of aryl methyl sites for hydroxylation is 2. The molecule has 1 aliphatic carbocycles. The summed E-state index contributed by atoms with van der Waals surface area (Å²) in [5.41, 5.74) is 10.2. The Morgan fingerprint density at radius 2 is 1.95 bits per heavy atom. The summed E-state index contributed by atoms with van der Waals surface area (Å²) in [7, 11) is 0. The standard InChI is InChI=1S/C17H18N4/c18-14-3-4-16-15(11-14)20-17(13-1-2-13)21(16)10-7-12-5-8-19-9-6-12/h3-6,8-9,11,13H,1-2,7,10,18H2. The number of nitrogens with two attached hydrogens (primary N) is 1. The van der Waals surface area contributed by atoms with Crippen molar-refractivity contribution in [1.82, 2.24) is 14.5 Å². The molecular weight excluding hydrogens is 260 g/mol. The topological polar surface area (TPSA) is 56.7 Å². The number of rotatable bonds is 4. The van der Waals surface area contributed by atoms with Crippen LogP contribution in [0.2, 0.25) is 0 Å². The van der Waals surface area contributed by atoms with Crippen molar-refractivity contribution in [1.29, 1.82) is 0 Å². The van der Waals surface area contributed by atoms with E-state index in [1.807, 2.05) is 24.5 Å². The smallest absolute Gasteiger partial charge is 0.113 e. The minimum Gasteiger partial charge on any atom is -0.399 e. The summed E-state index contributed by atoms with van der Waals surface area (Å²) in [6.45, 7) is 0.955. The monoisotopic (exact) mass is 278 g/mol. The van der Waals surface area contributed by atoms with Crippen LogP contribution in [0, 0.1) is 0 Å². The zero-order chi connectivity index (χ0) is 14.2. The molecule has 0 bridgehead atoms. The molecule has 2 N–H and O–H groups in total. The van der Waals surface area contributed by atoms with Crippen LogP contribution in [0.15, 0.2) is 42.7 Å². The lowest BCUT2D eigenvalue weighted by Gasteiger charge is -2.09. The maximum absolute atomic E-state index is 5.88. The van der Waals surface area contributed by atoms with E-state index in [1.165, 1.54) is 29.7 Å². The van der Waals surface area contributed by atoms with E-state index < -0.39 is 0 Å². The molecule has 4 heteroatoms. The van der Waals surface area contributed by atoms with Crippen LogP contribution in [0.25, 0.3) is 11.0 Å². The molecule has 4 rings (SSSR count). The Balaban J connectivity index is 1.70. The van der Waals surface area contributed by atoms with Crippen molar-refractivity contribution in [3.05, 3.63) is 54.1 Å². The van der Waals surface area contributed by atoms with Crippen molar-refractivity contribution < 1.29 is 0 Å². The van der Waals surface area contributed by atoms with E-state index in [2.05, 4.69) is 27.8 Å². The molecular formula is C17H18N4. The summed E-state index contributed by atoms with van der Waals surface area (Å²) in [5.74, 6) is 1.86. The third-order valence-electron chi connectivity index (χ3n) is 4.12. The first kappa shape index (κ1) is 12.4. The fraction of sp³-hybridized carbons (Fsp3) is 0.294. The molecule has 106 valence electrons. The molecule has 2 heterocycles. The van der Waals surface area contributed by atoms with Crippen LogP contribution in [-0.2, 0) is 13.0 Å². The number of benzene rings is 1. The van der Waals surface area contributed by atoms with Gasteiger partial charge in [0.15, 0.2) is 0 Å². The molecule has 1 aromatic carbocycles. The maximum atomic E-state index is 5.88. The van der Waals surface area contributed by atoms with Gasteiger partial charge in [0.2, 0.25) is 0 Å². The molecule has 4 nitrogen and oxygen atoms in total.